The van der Waals surface area contributed by atoms with Crippen molar-refractivity contribution in [2.45, 2.75) is 52.2 Å². The molecule has 1 aliphatic rings. The van der Waals surface area contributed by atoms with Crippen molar-refractivity contribution in [3.8, 4) is 5.75 Å². The van der Waals surface area contributed by atoms with Crippen LogP contribution >= 0.6 is 0 Å². The lowest BCUT2D eigenvalue weighted by Gasteiger charge is -2.30. The molecule has 1 heterocycles. The SMILES string of the molecule is Cc1ccc(OC[C@@H](O)CN2CCc3ccccc3C2)c(C(C)(C)C)c1. The third kappa shape index (κ3) is 4.66. The Hall–Kier alpha value is -1.84. The van der Waals surface area contributed by atoms with Crippen LogP contribution in [0.25, 0.3) is 0 Å². The summed E-state index contributed by atoms with van der Waals surface area (Å²) in [5.74, 6) is 0.881. The summed E-state index contributed by atoms with van der Waals surface area (Å²) >= 11 is 0. The molecule has 1 atom stereocenters. The molecule has 0 spiro atoms. The molecular weight excluding hydrogens is 322 g/mol. The molecule has 3 heteroatoms. The molecule has 0 fully saturated rings. The first kappa shape index (κ1) is 18.9. The van der Waals surface area contributed by atoms with Crippen LogP contribution in [0.4, 0.5) is 0 Å². The molecule has 0 unspecified atom stereocenters. The number of hydrogen-bond acceptors (Lipinski definition) is 3. The molecule has 0 bridgehead atoms. The molecule has 3 rings (SSSR count). The first-order valence-corrected chi connectivity index (χ1v) is 9.54. The van der Waals surface area contributed by atoms with Crippen LogP contribution in [0.5, 0.6) is 5.75 Å². The fraction of sp³-hybridized carbons (Fsp3) is 0.478. The fourth-order valence-electron chi connectivity index (χ4n) is 3.60. The predicted molar refractivity (Wildman–Crippen MR) is 107 cm³/mol. The van der Waals surface area contributed by atoms with E-state index in [4.69, 9.17) is 4.74 Å². The van der Waals surface area contributed by atoms with Crippen LogP contribution in [0.1, 0.15) is 43.0 Å². The van der Waals surface area contributed by atoms with Gasteiger partial charge in [-0.1, -0.05) is 62.7 Å². The molecule has 1 aliphatic heterocycles. The van der Waals surface area contributed by atoms with Crippen molar-refractivity contribution < 1.29 is 9.84 Å². The summed E-state index contributed by atoms with van der Waals surface area (Å²) in [6, 6.07) is 14.9. The summed E-state index contributed by atoms with van der Waals surface area (Å²) in [6.07, 6.45) is 0.560. The maximum Gasteiger partial charge on any atom is 0.123 e. The number of aliphatic hydroxyl groups is 1. The highest BCUT2D eigenvalue weighted by Crippen LogP contribution is 2.32. The van der Waals surface area contributed by atoms with E-state index in [1.165, 1.54) is 22.3 Å². The summed E-state index contributed by atoms with van der Waals surface area (Å²) in [4.78, 5) is 2.32. The van der Waals surface area contributed by atoms with E-state index in [9.17, 15) is 5.11 Å². The number of aliphatic hydroxyl groups excluding tert-OH is 1. The highest BCUT2D eigenvalue weighted by molar-refractivity contribution is 5.41. The fourth-order valence-corrected chi connectivity index (χ4v) is 3.60. The van der Waals surface area contributed by atoms with Crippen molar-refractivity contribution in [2.24, 2.45) is 0 Å². The van der Waals surface area contributed by atoms with Gasteiger partial charge in [-0.3, -0.25) is 4.90 Å². The van der Waals surface area contributed by atoms with E-state index in [0.29, 0.717) is 13.2 Å². The number of fused-ring (bicyclic) bond motifs is 1. The van der Waals surface area contributed by atoms with Crippen molar-refractivity contribution in [3.63, 3.8) is 0 Å². The van der Waals surface area contributed by atoms with Gasteiger partial charge in [0.05, 0.1) is 0 Å². The van der Waals surface area contributed by atoms with Crippen LogP contribution in [-0.2, 0) is 18.4 Å². The molecule has 0 radical (unpaired) electrons. The number of nitrogens with zero attached hydrogens (tertiary/aromatic N) is 1. The van der Waals surface area contributed by atoms with Crippen LogP contribution < -0.4 is 4.74 Å². The lowest BCUT2D eigenvalue weighted by molar-refractivity contribution is 0.0631. The summed E-state index contributed by atoms with van der Waals surface area (Å²) in [5, 5.41) is 10.5. The van der Waals surface area contributed by atoms with Crippen molar-refractivity contribution >= 4 is 0 Å². The van der Waals surface area contributed by atoms with E-state index in [-0.39, 0.29) is 5.41 Å². The number of benzene rings is 2. The second kappa shape index (κ2) is 7.81. The number of hydrogen-bond donors (Lipinski definition) is 1. The highest BCUT2D eigenvalue weighted by Gasteiger charge is 2.21. The Morgan fingerprint density at radius 1 is 1.12 bits per heavy atom. The predicted octanol–water partition coefficient (Wildman–Crippen LogP) is 4.09. The number of aryl methyl sites for hydroxylation is 1. The molecule has 0 saturated carbocycles. The van der Waals surface area contributed by atoms with Gasteiger partial charge in [0.2, 0.25) is 0 Å². The van der Waals surface area contributed by atoms with Crippen molar-refractivity contribution in [3.05, 3.63) is 64.7 Å². The van der Waals surface area contributed by atoms with E-state index >= 15 is 0 Å². The van der Waals surface area contributed by atoms with Gasteiger partial charge in [0.15, 0.2) is 0 Å². The monoisotopic (exact) mass is 353 g/mol. The van der Waals surface area contributed by atoms with E-state index < -0.39 is 6.10 Å². The molecule has 0 aromatic heterocycles. The average molecular weight is 354 g/mol. The summed E-state index contributed by atoms with van der Waals surface area (Å²) < 4.78 is 6.01. The molecule has 2 aromatic carbocycles. The summed E-state index contributed by atoms with van der Waals surface area (Å²) in [7, 11) is 0. The zero-order valence-electron chi connectivity index (χ0n) is 16.5. The minimum Gasteiger partial charge on any atom is -0.491 e. The normalized spacial score (nSPS) is 16.2. The largest absolute Gasteiger partial charge is 0.491 e. The molecule has 0 aliphatic carbocycles. The molecule has 1 N–H and O–H groups in total. The lowest BCUT2D eigenvalue weighted by atomic mass is 9.85. The Kier molecular flexibility index (Phi) is 5.69. The first-order valence-electron chi connectivity index (χ1n) is 9.54. The Balaban J connectivity index is 1.58. The zero-order chi connectivity index (χ0) is 18.7. The third-order valence-corrected chi connectivity index (χ3v) is 5.05. The maximum atomic E-state index is 10.5. The van der Waals surface area contributed by atoms with E-state index in [2.05, 4.69) is 69.0 Å². The molecule has 2 aromatic rings. The lowest BCUT2D eigenvalue weighted by Crippen LogP contribution is -2.38. The molecule has 140 valence electrons. The van der Waals surface area contributed by atoms with Crippen molar-refractivity contribution in [1.82, 2.24) is 4.90 Å². The molecule has 0 amide bonds. The van der Waals surface area contributed by atoms with Gasteiger partial charge in [0, 0.05) is 19.6 Å². The molecular formula is C23H31NO2. The van der Waals surface area contributed by atoms with E-state index in [1.54, 1.807) is 0 Å². The Bertz CT molecular complexity index is 748. The van der Waals surface area contributed by atoms with Crippen LogP contribution in [0.3, 0.4) is 0 Å². The summed E-state index contributed by atoms with van der Waals surface area (Å²) in [5.41, 5.74) is 5.25. The molecule has 0 saturated heterocycles. The minimum atomic E-state index is -0.491. The minimum absolute atomic E-state index is 0.0168. The van der Waals surface area contributed by atoms with Crippen molar-refractivity contribution in [1.29, 1.82) is 0 Å². The van der Waals surface area contributed by atoms with Gasteiger partial charge in [0.25, 0.3) is 0 Å². The second-order valence-electron chi connectivity index (χ2n) is 8.47. The van der Waals surface area contributed by atoms with Crippen LogP contribution in [0.2, 0.25) is 0 Å². The summed E-state index contributed by atoms with van der Waals surface area (Å²) in [6.45, 7) is 11.5. The first-order chi connectivity index (χ1) is 12.3. The Morgan fingerprint density at radius 3 is 2.58 bits per heavy atom. The van der Waals surface area contributed by atoms with Crippen LogP contribution in [0, 0.1) is 6.92 Å². The topological polar surface area (TPSA) is 32.7 Å². The number of rotatable bonds is 5. The zero-order valence-corrected chi connectivity index (χ0v) is 16.5. The van der Waals surface area contributed by atoms with E-state index in [1.807, 2.05) is 6.07 Å². The average Bonchev–Trinajstić information content (AvgIpc) is 2.60. The Labute approximate surface area is 157 Å². The number of β-amino-alcohol motifs (C(OH)–C–C–N with tert-alkyl or cyclic N) is 1. The standard InChI is InChI=1S/C23H31NO2/c1-17-9-10-22(21(13-17)23(2,3)4)26-16-20(25)15-24-12-11-18-7-5-6-8-19(18)14-24/h5-10,13,20,25H,11-12,14-16H2,1-4H3/t20-/m0/s1. The number of ether oxygens (including phenoxy) is 1. The Morgan fingerprint density at radius 2 is 1.85 bits per heavy atom. The molecule has 3 nitrogen and oxygen atoms in total. The van der Waals surface area contributed by atoms with Gasteiger partial charge < -0.3 is 9.84 Å². The van der Waals surface area contributed by atoms with Gasteiger partial charge in [-0.2, -0.15) is 0 Å². The van der Waals surface area contributed by atoms with Gasteiger partial charge in [-0.05, 0) is 41.5 Å². The van der Waals surface area contributed by atoms with E-state index in [0.717, 1.165) is 25.3 Å². The highest BCUT2D eigenvalue weighted by atomic mass is 16.5. The van der Waals surface area contributed by atoms with Gasteiger partial charge >= 0.3 is 0 Å². The van der Waals surface area contributed by atoms with Crippen LogP contribution in [-0.4, -0.2) is 35.8 Å². The third-order valence-electron chi connectivity index (χ3n) is 5.05. The van der Waals surface area contributed by atoms with Gasteiger partial charge in [-0.15, -0.1) is 0 Å². The maximum absolute atomic E-state index is 10.5. The quantitative estimate of drug-likeness (QED) is 0.879. The molecule has 26 heavy (non-hydrogen) atoms. The van der Waals surface area contributed by atoms with Crippen LogP contribution in [0.15, 0.2) is 42.5 Å². The smallest absolute Gasteiger partial charge is 0.123 e. The van der Waals surface area contributed by atoms with Gasteiger partial charge in [0.1, 0.15) is 18.5 Å². The van der Waals surface area contributed by atoms with Crippen molar-refractivity contribution in [2.75, 3.05) is 19.7 Å². The van der Waals surface area contributed by atoms with Gasteiger partial charge in [-0.25, -0.2) is 0 Å². The second-order valence-corrected chi connectivity index (χ2v) is 8.47.